The van der Waals surface area contributed by atoms with Crippen LogP contribution >= 0.6 is 0 Å². The molecule has 0 rings (SSSR count). The number of aliphatic imine (C=N–C) groups is 1. The van der Waals surface area contributed by atoms with E-state index in [1.165, 1.54) is 0 Å². The van der Waals surface area contributed by atoms with E-state index in [0.29, 0.717) is 32.4 Å². The van der Waals surface area contributed by atoms with Crippen molar-refractivity contribution in [1.29, 1.82) is 0 Å². The highest BCUT2D eigenvalue weighted by molar-refractivity contribution is 5.75. The van der Waals surface area contributed by atoms with Crippen molar-refractivity contribution in [2.75, 3.05) is 13.1 Å². The Labute approximate surface area is 123 Å². The van der Waals surface area contributed by atoms with E-state index in [-0.39, 0.29) is 12.4 Å². The highest BCUT2D eigenvalue weighted by atomic mass is 16.4. The first-order valence-electron chi connectivity index (χ1n) is 6.92. The van der Waals surface area contributed by atoms with E-state index < -0.39 is 18.0 Å². The quantitative estimate of drug-likeness (QED) is 0.112. The van der Waals surface area contributed by atoms with Crippen molar-refractivity contribution in [1.82, 2.24) is 10.9 Å². The van der Waals surface area contributed by atoms with E-state index in [9.17, 15) is 9.59 Å². The van der Waals surface area contributed by atoms with Gasteiger partial charge in [0.2, 0.25) is 0 Å². The van der Waals surface area contributed by atoms with Crippen molar-refractivity contribution in [3.8, 4) is 0 Å². The second kappa shape index (κ2) is 11.9. The third-order valence-corrected chi connectivity index (χ3v) is 2.71. The minimum atomic E-state index is -0.946. The van der Waals surface area contributed by atoms with Crippen LogP contribution in [0.1, 0.15) is 38.5 Å². The monoisotopic (exact) mass is 303 g/mol. The largest absolute Gasteiger partial charge is 0.481 e. The smallest absolute Gasteiger partial charge is 0.322 e. The molecule has 0 aliphatic heterocycles. The molecule has 0 unspecified atom stereocenters. The zero-order chi connectivity index (χ0) is 16.1. The number of nitrogens with zero attached hydrogens (tertiary/aromatic N) is 1. The predicted molar refractivity (Wildman–Crippen MR) is 78.6 cm³/mol. The molecule has 0 saturated carbocycles. The first-order chi connectivity index (χ1) is 9.93. The molecule has 0 saturated heterocycles. The average molecular weight is 303 g/mol. The maximum atomic E-state index is 11.0. The summed E-state index contributed by atoms with van der Waals surface area (Å²) in [7, 11) is 0. The van der Waals surface area contributed by atoms with Crippen molar-refractivity contribution in [3.05, 3.63) is 0 Å². The first-order valence-corrected chi connectivity index (χ1v) is 6.92. The summed E-state index contributed by atoms with van der Waals surface area (Å²) in [6.45, 7) is 0.973. The van der Waals surface area contributed by atoms with Crippen molar-refractivity contribution < 1.29 is 19.8 Å². The summed E-state index contributed by atoms with van der Waals surface area (Å²) in [6.07, 6.45) is 3.30. The molecule has 0 aliphatic carbocycles. The number of hydrogen-bond donors (Lipinski definition) is 6. The van der Waals surface area contributed by atoms with Gasteiger partial charge >= 0.3 is 11.9 Å². The van der Waals surface area contributed by atoms with Gasteiger partial charge < -0.3 is 21.7 Å². The van der Waals surface area contributed by atoms with Gasteiger partial charge in [-0.25, -0.2) is 5.43 Å². The fraction of sp³-hybridized carbons (Fsp3) is 0.750. The summed E-state index contributed by atoms with van der Waals surface area (Å²) in [5.41, 5.74) is 15.9. The van der Waals surface area contributed by atoms with Crippen LogP contribution in [0.15, 0.2) is 4.99 Å². The topological polar surface area (TPSA) is 163 Å². The summed E-state index contributed by atoms with van der Waals surface area (Å²) in [5.74, 6) is -1.75. The van der Waals surface area contributed by atoms with Crippen LogP contribution in [0.25, 0.3) is 0 Å². The molecular formula is C12H25N5O4. The lowest BCUT2D eigenvalue weighted by Gasteiger charge is -2.14. The molecule has 0 heterocycles. The molecule has 9 nitrogen and oxygen atoms in total. The zero-order valence-corrected chi connectivity index (χ0v) is 12.0. The molecular weight excluding hydrogens is 278 g/mol. The Kier molecular flexibility index (Phi) is 10.9. The Morgan fingerprint density at radius 2 is 1.81 bits per heavy atom. The van der Waals surface area contributed by atoms with Gasteiger partial charge in [-0.1, -0.05) is 6.42 Å². The number of guanidine groups is 1. The molecule has 0 aliphatic rings. The van der Waals surface area contributed by atoms with Gasteiger partial charge in [-0.2, -0.15) is 0 Å². The summed E-state index contributed by atoms with van der Waals surface area (Å²) in [5, 5.41) is 17.5. The van der Waals surface area contributed by atoms with Crippen LogP contribution in [-0.2, 0) is 9.59 Å². The average Bonchev–Trinajstić information content (AvgIpc) is 2.38. The van der Waals surface area contributed by atoms with Crippen LogP contribution < -0.4 is 22.3 Å². The minimum absolute atomic E-state index is 0.00526. The minimum Gasteiger partial charge on any atom is -0.481 e. The molecule has 0 radical (unpaired) electrons. The van der Waals surface area contributed by atoms with Crippen LogP contribution in [0.4, 0.5) is 0 Å². The number of hydrogen-bond acceptors (Lipinski definition) is 5. The molecule has 0 aromatic heterocycles. The van der Waals surface area contributed by atoms with Crippen LogP contribution in [0.5, 0.6) is 0 Å². The Morgan fingerprint density at radius 1 is 1.10 bits per heavy atom. The van der Waals surface area contributed by atoms with Crippen molar-refractivity contribution in [2.24, 2.45) is 16.5 Å². The highest BCUT2D eigenvalue weighted by Crippen LogP contribution is 1.99. The summed E-state index contributed by atoms with van der Waals surface area (Å²) < 4.78 is 0. The van der Waals surface area contributed by atoms with Crippen LogP contribution in [0, 0.1) is 0 Å². The molecule has 0 spiro atoms. The Morgan fingerprint density at radius 3 is 2.38 bits per heavy atom. The molecule has 122 valence electrons. The second-order valence-corrected chi connectivity index (χ2v) is 4.62. The maximum absolute atomic E-state index is 11.0. The van der Waals surface area contributed by atoms with E-state index in [4.69, 9.17) is 21.7 Å². The molecule has 1 atom stereocenters. The summed E-state index contributed by atoms with van der Waals surface area (Å²) >= 11 is 0. The normalized spacial score (nSPS) is 11.8. The predicted octanol–water partition coefficient (Wildman–Crippen LogP) is -0.768. The maximum Gasteiger partial charge on any atom is 0.322 e. The van der Waals surface area contributed by atoms with Crippen LogP contribution in [-0.4, -0.2) is 47.2 Å². The van der Waals surface area contributed by atoms with E-state index in [0.717, 1.165) is 12.8 Å². The summed E-state index contributed by atoms with van der Waals surface area (Å²) in [6, 6.07) is -0.710. The number of carboxylic acid groups (broad SMARTS) is 2. The number of unbranched alkanes of at least 4 members (excludes halogenated alkanes) is 2. The number of rotatable bonds is 13. The number of hydrazine groups is 1. The molecule has 8 N–H and O–H groups in total. The fourth-order valence-corrected chi connectivity index (χ4v) is 1.62. The van der Waals surface area contributed by atoms with Gasteiger partial charge in [0, 0.05) is 19.5 Å². The van der Waals surface area contributed by atoms with Gasteiger partial charge in [-0.3, -0.25) is 20.0 Å². The molecule has 21 heavy (non-hydrogen) atoms. The number of nitrogens with two attached hydrogens (primary N) is 2. The van der Waals surface area contributed by atoms with Gasteiger partial charge in [0.1, 0.15) is 6.04 Å². The fourth-order valence-electron chi connectivity index (χ4n) is 1.62. The zero-order valence-electron chi connectivity index (χ0n) is 12.0. The van der Waals surface area contributed by atoms with E-state index in [1.54, 1.807) is 0 Å². The van der Waals surface area contributed by atoms with Crippen molar-refractivity contribution in [2.45, 2.75) is 44.6 Å². The molecule has 0 bridgehead atoms. The molecule has 0 fully saturated rings. The lowest BCUT2D eigenvalue weighted by Crippen LogP contribution is -2.45. The Balaban J connectivity index is 3.68. The van der Waals surface area contributed by atoms with Gasteiger partial charge in [0.05, 0.1) is 0 Å². The third-order valence-electron chi connectivity index (χ3n) is 2.71. The van der Waals surface area contributed by atoms with Gasteiger partial charge in [-0.05, 0) is 25.7 Å². The highest BCUT2D eigenvalue weighted by Gasteiger charge is 2.15. The Bertz CT molecular complexity index is 345. The molecule has 0 aromatic rings. The lowest BCUT2D eigenvalue weighted by atomic mass is 10.1. The first kappa shape index (κ1) is 19.1. The van der Waals surface area contributed by atoms with Crippen molar-refractivity contribution in [3.63, 3.8) is 0 Å². The SMILES string of the molecule is NC(N)=NCCC[C@H](NNCCCCCC(=O)O)C(=O)O. The Hall–Kier alpha value is -1.87. The lowest BCUT2D eigenvalue weighted by molar-refractivity contribution is -0.140. The van der Waals surface area contributed by atoms with E-state index in [2.05, 4.69) is 15.8 Å². The standard InChI is InChI=1S/C12H25N5O4/c13-12(14)15-7-4-5-9(11(20)21)17-16-8-3-1-2-6-10(18)19/h9,16-17H,1-8H2,(H,18,19)(H,20,21)(H4,13,14,15)/t9-/m0/s1. The second-order valence-electron chi connectivity index (χ2n) is 4.62. The van der Waals surface area contributed by atoms with Gasteiger partial charge in [0.15, 0.2) is 5.96 Å². The van der Waals surface area contributed by atoms with Gasteiger partial charge in [0.25, 0.3) is 0 Å². The summed E-state index contributed by atoms with van der Waals surface area (Å²) in [4.78, 5) is 25.1. The number of aliphatic carboxylic acids is 2. The van der Waals surface area contributed by atoms with Crippen molar-refractivity contribution >= 4 is 17.9 Å². The van der Waals surface area contributed by atoms with E-state index in [1.807, 2.05) is 0 Å². The van der Waals surface area contributed by atoms with Gasteiger partial charge in [-0.15, -0.1) is 0 Å². The molecule has 0 aromatic carbocycles. The van der Waals surface area contributed by atoms with E-state index >= 15 is 0 Å². The number of carboxylic acids is 2. The number of nitrogens with one attached hydrogen (secondary N) is 2. The number of carbonyl (C=O) groups is 2. The third kappa shape index (κ3) is 12.9. The van der Waals surface area contributed by atoms with Crippen LogP contribution in [0.2, 0.25) is 0 Å². The van der Waals surface area contributed by atoms with Crippen LogP contribution in [0.3, 0.4) is 0 Å². The molecule has 0 amide bonds. The molecule has 9 heteroatoms.